The molecule has 104 valence electrons. The minimum Gasteiger partial charge on any atom is -0.481 e. The summed E-state index contributed by atoms with van der Waals surface area (Å²) in [5.41, 5.74) is 2.14. The molecule has 2 aromatic rings. The van der Waals surface area contributed by atoms with Crippen molar-refractivity contribution in [3.8, 4) is 5.88 Å². The van der Waals surface area contributed by atoms with E-state index in [-0.39, 0.29) is 5.69 Å². The second-order valence-electron chi connectivity index (χ2n) is 4.30. The van der Waals surface area contributed by atoms with E-state index in [1.165, 1.54) is 0 Å². The van der Waals surface area contributed by atoms with Gasteiger partial charge in [-0.15, -0.1) is 0 Å². The van der Waals surface area contributed by atoms with Gasteiger partial charge in [0.2, 0.25) is 5.88 Å². The van der Waals surface area contributed by atoms with E-state index < -0.39 is 4.92 Å². The van der Waals surface area contributed by atoms with Crippen molar-refractivity contribution in [1.29, 1.82) is 0 Å². The second-order valence-corrected chi connectivity index (χ2v) is 4.30. The van der Waals surface area contributed by atoms with Crippen LogP contribution in [0.4, 0.5) is 11.4 Å². The number of pyridine rings is 1. The molecule has 1 aromatic heterocycles. The molecule has 0 amide bonds. The van der Waals surface area contributed by atoms with Crippen molar-refractivity contribution >= 4 is 11.4 Å². The van der Waals surface area contributed by atoms with Crippen LogP contribution in [0, 0.1) is 17.0 Å². The highest BCUT2D eigenvalue weighted by Crippen LogP contribution is 2.25. The molecule has 0 saturated heterocycles. The van der Waals surface area contributed by atoms with Gasteiger partial charge in [-0.3, -0.25) is 10.1 Å². The van der Waals surface area contributed by atoms with E-state index in [2.05, 4.69) is 10.3 Å². The first-order valence-corrected chi connectivity index (χ1v) is 6.09. The number of aromatic nitrogens is 1. The average molecular weight is 273 g/mol. The Labute approximate surface area is 116 Å². The van der Waals surface area contributed by atoms with Crippen molar-refractivity contribution in [2.75, 3.05) is 12.4 Å². The summed E-state index contributed by atoms with van der Waals surface area (Å²) in [4.78, 5) is 14.9. The summed E-state index contributed by atoms with van der Waals surface area (Å²) in [7, 11) is 1.55. The van der Waals surface area contributed by atoms with Crippen LogP contribution in [-0.4, -0.2) is 17.0 Å². The topological polar surface area (TPSA) is 77.3 Å². The van der Waals surface area contributed by atoms with Crippen LogP contribution in [-0.2, 0) is 6.54 Å². The summed E-state index contributed by atoms with van der Waals surface area (Å²) >= 11 is 0. The molecule has 0 fully saturated rings. The van der Waals surface area contributed by atoms with Crippen LogP contribution in [0.2, 0.25) is 0 Å². The van der Waals surface area contributed by atoms with Crippen LogP contribution in [0.25, 0.3) is 0 Å². The third-order valence-electron chi connectivity index (χ3n) is 2.80. The molecule has 0 aliphatic carbocycles. The number of nitrogens with one attached hydrogen (secondary N) is 1. The molecule has 0 unspecified atom stereocenters. The molecule has 0 saturated carbocycles. The number of nitro groups is 1. The monoisotopic (exact) mass is 273 g/mol. The van der Waals surface area contributed by atoms with Crippen LogP contribution in [0.15, 0.2) is 36.4 Å². The Kier molecular flexibility index (Phi) is 4.14. The van der Waals surface area contributed by atoms with Crippen molar-refractivity contribution < 1.29 is 9.66 Å². The largest absolute Gasteiger partial charge is 0.481 e. The first-order valence-electron chi connectivity index (χ1n) is 6.09. The van der Waals surface area contributed by atoms with Crippen molar-refractivity contribution in [2.45, 2.75) is 13.5 Å². The Bertz CT molecular complexity index is 629. The number of hydrogen-bond donors (Lipinski definition) is 1. The minimum absolute atomic E-state index is 0.0629. The van der Waals surface area contributed by atoms with Crippen LogP contribution in [0.5, 0.6) is 5.88 Å². The molecule has 0 spiro atoms. The number of ether oxygens (including phenoxy) is 1. The summed E-state index contributed by atoms with van der Waals surface area (Å²) in [6.45, 7) is 2.21. The van der Waals surface area contributed by atoms with Crippen molar-refractivity contribution in [3.05, 3.63) is 57.8 Å². The number of rotatable bonds is 5. The Morgan fingerprint density at radius 2 is 2.15 bits per heavy atom. The van der Waals surface area contributed by atoms with Gasteiger partial charge in [0.1, 0.15) is 5.69 Å². The van der Waals surface area contributed by atoms with E-state index in [0.29, 0.717) is 18.1 Å². The van der Waals surface area contributed by atoms with Gasteiger partial charge < -0.3 is 10.1 Å². The van der Waals surface area contributed by atoms with E-state index in [1.54, 1.807) is 25.3 Å². The fraction of sp³-hybridized carbons (Fsp3) is 0.214. The molecule has 0 atom stereocenters. The summed E-state index contributed by atoms with van der Waals surface area (Å²) < 4.78 is 5.04. The lowest BCUT2D eigenvalue weighted by Gasteiger charge is -2.08. The predicted molar refractivity (Wildman–Crippen MR) is 75.9 cm³/mol. The molecule has 2 rings (SSSR count). The van der Waals surface area contributed by atoms with Gasteiger partial charge in [-0.2, -0.15) is 0 Å². The van der Waals surface area contributed by atoms with E-state index in [4.69, 9.17) is 4.74 Å². The van der Waals surface area contributed by atoms with Crippen LogP contribution in [0.1, 0.15) is 11.3 Å². The SMILES string of the molecule is COc1cccc(CNc2ccc(C)cc2[N+](=O)[O-])n1. The molecule has 6 heteroatoms. The van der Waals surface area contributed by atoms with E-state index in [1.807, 2.05) is 25.1 Å². The molecule has 1 heterocycles. The van der Waals surface area contributed by atoms with E-state index in [9.17, 15) is 10.1 Å². The zero-order valence-corrected chi connectivity index (χ0v) is 11.3. The highest BCUT2D eigenvalue weighted by atomic mass is 16.6. The van der Waals surface area contributed by atoms with Crippen molar-refractivity contribution in [3.63, 3.8) is 0 Å². The molecule has 0 aliphatic heterocycles. The lowest BCUT2D eigenvalue weighted by Crippen LogP contribution is -2.04. The van der Waals surface area contributed by atoms with Crippen molar-refractivity contribution in [1.82, 2.24) is 4.98 Å². The Morgan fingerprint density at radius 3 is 2.85 bits per heavy atom. The summed E-state index contributed by atoms with van der Waals surface area (Å²) in [5, 5.41) is 14.0. The Balaban J connectivity index is 2.16. The maximum Gasteiger partial charge on any atom is 0.292 e. The van der Waals surface area contributed by atoms with Crippen LogP contribution < -0.4 is 10.1 Å². The van der Waals surface area contributed by atoms with Crippen molar-refractivity contribution in [2.24, 2.45) is 0 Å². The first-order chi connectivity index (χ1) is 9.60. The molecule has 6 nitrogen and oxygen atoms in total. The number of aryl methyl sites for hydroxylation is 1. The van der Waals surface area contributed by atoms with Gasteiger partial charge in [0.25, 0.3) is 5.69 Å². The van der Waals surface area contributed by atoms with Gasteiger partial charge in [-0.25, -0.2) is 4.98 Å². The van der Waals surface area contributed by atoms with Gasteiger partial charge in [-0.05, 0) is 24.6 Å². The second kappa shape index (κ2) is 6.01. The van der Waals surface area contributed by atoms with Gasteiger partial charge in [0.15, 0.2) is 0 Å². The number of benzene rings is 1. The molecule has 0 bridgehead atoms. The third-order valence-corrected chi connectivity index (χ3v) is 2.80. The van der Waals surface area contributed by atoms with Crippen LogP contribution >= 0.6 is 0 Å². The third kappa shape index (κ3) is 3.23. The smallest absolute Gasteiger partial charge is 0.292 e. The normalized spacial score (nSPS) is 10.1. The molecule has 20 heavy (non-hydrogen) atoms. The van der Waals surface area contributed by atoms with Gasteiger partial charge in [0.05, 0.1) is 24.3 Å². The van der Waals surface area contributed by atoms with Gasteiger partial charge in [0, 0.05) is 12.1 Å². The molecule has 1 aromatic carbocycles. The number of hydrogen-bond acceptors (Lipinski definition) is 5. The predicted octanol–water partition coefficient (Wildman–Crippen LogP) is 2.92. The standard InChI is InChI=1S/C14H15N3O3/c1-10-6-7-12(13(8-10)17(18)19)15-9-11-4-3-5-14(16-11)20-2/h3-8,15H,9H2,1-2H3. The molecular weight excluding hydrogens is 258 g/mol. The number of nitrogens with zero attached hydrogens (tertiary/aromatic N) is 2. The number of methoxy groups -OCH3 is 1. The highest BCUT2D eigenvalue weighted by molar-refractivity contribution is 5.62. The van der Waals surface area contributed by atoms with E-state index in [0.717, 1.165) is 11.3 Å². The first kappa shape index (κ1) is 13.8. The van der Waals surface area contributed by atoms with E-state index >= 15 is 0 Å². The fourth-order valence-electron chi connectivity index (χ4n) is 1.80. The van der Waals surface area contributed by atoms with Gasteiger partial charge in [-0.1, -0.05) is 12.1 Å². The molecule has 1 N–H and O–H groups in total. The Morgan fingerprint density at radius 1 is 1.35 bits per heavy atom. The summed E-state index contributed by atoms with van der Waals surface area (Å²) in [6, 6.07) is 10.5. The average Bonchev–Trinajstić information content (AvgIpc) is 2.46. The molecule has 0 aliphatic rings. The molecular formula is C14H15N3O3. The maximum absolute atomic E-state index is 11.0. The highest BCUT2D eigenvalue weighted by Gasteiger charge is 2.13. The minimum atomic E-state index is -0.395. The Hall–Kier alpha value is -2.63. The zero-order chi connectivity index (χ0) is 14.5. The summed E-state index contributed by atoms with van der Waals surface area (Å²) in [6.07, 6.45) is 0. The lowest BCUT2D eigenvalue weighted by atomic mass is 10.2. The molecule has 0 radical (unpaired) electrons. The number of anilines is 1. The quantitative estimate of drug-likeness (QED) is 0.669. The maximum atomic E-state index is 11.0. The lowest BCUT2D eigenvalue weighted by molar-refractivity contribution is -0.384. The summed E-state index contributed by atoms with van der Waals surface area (Å²) in [5.74, 6) is 0.516. The van der Waals surface area contributed by atoms with Crippen LogP contribution in [0.3, 0.4) is 0 Å². The number of nitro benzene ring substituents is 1. The zero-order valence-electron chi connectivity index (χ0n) is 11.3. The van der Waals surface area contributed by atoms with Gasteiger partial charge >= 0.3 is 0 Å². The fourth-order valence-corrected chi connectivity index (χ4v) is 1.80.